The molecular weight excluding hydrogens is 268 g/mol. The predicted octanol–water partition coefficient (Wildman–Crippen LogP) is 2.80. The Bertz CT molecular complexity index is 367. The fraction of sp³-hybridized carbons (Fsp3) is 0.733. The van der Waals surface area contributed by atoms with Crippen LogP contribution in [0, 0.1) is 5.92 Å². The third kappa shape index (κ3) is 6.09. The van der Waals surface area contributed by atoms with Crippen molar-refractivity contribution in [1.29, 1.82) is 0 Å². The van der Waals surface area contributed by atoms with Crippen LogP contribution in [0.1, 0.15) is 32.9 Å². The summed E-state index contributed by atoms with van der Waals surface area (Å²) in [6, 6.07) is 0.488. The maximum atomic E-state index is 4.52. The van der Waals surface area contributed by atoms with Crippen molar-refractivity contribution >= 4 is 17.6 Å². The van der Waals surface area contributed by atoms with E-state index in [0.29, 0.717) is 12.0 Å². The number of nitrogens with one attached hydrogen (secondary N) is 1. The zero-order chi connectivity index (χ0) is 15.0. The first kappa shape index (κ1) is 17.2. The minimum absolute atomic E-state index is 0.488. The van der Waals surface area contributed by atoms with Crippen molar-refractivity contribution in [3.05, 3.63) is 18.1 Å². The molecule has 0 aromatic carbocycles. The topological polar surface area (TPSA) is 41.1 Å². The van der Waals surface area contributed by atoms with E-state index < -0.39 is 0 Å². The first-order chi connectivity index (χ1) is 9.54. The van der Waals surface area contributed by atoms with Gasteiger partial charge in [-0.3, -0.25) is 4.98 Å². The molecule has 0 fully saturated rings. The second-order valence-electron chi connectivity index (χ2n) is 5.63. The van der Waals surface area contributed by atoms with Gasteiger partial charge in [-0.2, -0.15) is 11.8 Å². The summed E-state index contributed by atoms with van der Waals surface area (Å²) in [5, 5.41) is 3.38. The monoisotopic (exact) mass is 296 g/mol. The minimum Gasteiger partial charge on any atom is -0.356 e. The number of thioether (sulfide) groups is 1. The Morgan fingerprint density at radius 3 is 2.55 bits per heavy atom. The molecule has 1 rings (SSSR count). The Morgan fingerprint density at radius 1 is 1.25 bits per heavy atom. The molecule has 0 spiro atoms. The summed E-state index contributed by atoms with van der Waals surface area (Å²) in [5.74, 6) is 2.78. The van der Waals surface area contributed by atoms with E-state index in [-0.39, 0.29) is 0 Å². The molecule has 1 aromatic heterocycles. The molecule has 0 aliphatic carbocycles. The van der Waals surface area contributed by atoms with Gasteiger partial charge in [0.15, 0.2) is 0 Å². The molecular formula is C15H28N4S. The number of rotatable bonds is 9. The van der Waals surface area contributed by atoms with E-state index in [4.69, 9.17) is 0 Å². The smallest absolute Gasteiger partial charge is 0.147 e. The van der Waals surface area contributed by atoms with E-state index in [2.05, 4.69) is 54.3 Å². The van der Waals surface area contributed by atoms with Crippen molar-refractivity contribution in [3.63, 3.8) is 0 Å². The number of nitrogens with zero attached hydrogens (tertiary/aromatic N) is 3. The van der Waals surface area contributed by atoms with Crippen molar-refractivity contribution in [2.45, 2.75) is 39.8 Å². The second kappa shape index (κ2) is 9.19. The number of aromatic nitrogens is 2. The van der Waals surface area contributed by atoms with Gasteiger partial charge in [0.05, 0.1) is 18.1 Å². The van der Waals surface area contributed by atoms with Crippen LogP contribution < -0.4 is 10.2 Å². The van der Waals surface area contributed by atoms with Crippen LogP contribution >= 0.6 is 11.8 Å². The summed E-state index contributed by atoms with van der Waals surface area (Å²) < 4.78 is 0. The fourth-order valence-electron chi connectivity index (χ4n) is 1.82. The molecule has 5 heteroatoms. The highest BCUT2D eigenvalue weighted by molar-refractivity contribution is 7.98. The minimum atomic E-state index is 0.488. The van der Waals surface area contributed by atoms with E-state index in [9.17, 15) is 0 Å². The lowest BCUT2D eigenvalue weighted by atomic mass is 10.2. The van der Waals surface area contributed by atoms with Crippen molar-refractivity contribution in [2.24, 2.45) is 5.92 Å². The molecule has 1 aromatic rings. The quantitative estimate of drug-likeness (QED) is 0.759. The van der Waals surface area contributed by atoms with E-state index in [1.807, 2.05) is 24.2 Å². The molecule has 0 aliphatic rings. The Morgan fingerprint density at radius 2 is 2.00 bits per heavy atom. The molecule has 1 N–H and O–H groups in total. The van der Waals surface area contributed by atoms with Crippen molar-refractivity contribution in [3.8, 4) is 0 Å². The molecule has 4 nitrogen and oxygen atoms in total. The number of hydrogen-bond acceptors (Lipinski definition) is 5. The summed E-state index contributed by atoms with van der Waals surface area (Å²) in [6.45, 7) is 8.43. The largest absolute Gasteiger partial charge is 0.356 e. The van der Waals surface area contributed by atoms with Gasteiger partial charge in [-0.05, 0) is 37.8 Å². The molecule has 0 radical (unpaired) electrons. The van der Waals surface area contributed by atoms with E-state index in [0.717, 1.165) is 31.0 Å². The molecule has 1 unspecified atom stereocenters. The average Bonchev–Trinajstić information content (AvgIpc) is 2.44. The van der Waals surface area contributed by atoms with Crippen LogP contribution in [0.5, 0.6) is 0 Å². The highest BCUT2D eigenvalue weighted by Gasteiger charge is 2.11. The molecule has 0 bridgehead atoms. The first-order valence-electron chi connectivity index (χ1n) is 7.28. The van der Waals surface area contributed by atoms with Gasteiger partial charge in [0.2, 0.25) is 0 Å². The van der Waals surface area contributed by atoms with Crippen LogP contribution in [-0.2, 0) is 6.54 Å². The first-order valence-corrected chi connectivity index (χ1v) is 8.67. The van der Waals surface area contributed by atoms with Gasteiger partial charge in [-0.1, -0.05) is 13.8 Å². The third-order valence-corrected chi connectivity index (χ3v) is 3.96. The summed E-state index contributed by atoms with van der Waals surface area (Å²) in [6.07, 6.45) is 7.06. The van der Waals surface area contributed by atoms with Gasteiger partial charge in [-0.15, -0.1) is 0 Å². The zero-order valence-corrected chi connectivity index (χ0v) is 14.2. The van der Waals surface area contributed by atoms with Gasteiger partial charge in [0, 0.05) is 19.6 Å². The van der Waals surface area contributed by atoms with Crippen LogP contribution in [0.3, 0.4) is 0 Å². The fourth-order valence-corrected chi connectivity index (χ4v) is 2.39. The Kier molecular flexibility index (Phi) is 7.92. The lowest BCUT2D eigenvalue weighted by Crippen LogP contribution is -2.30. The zero-order valence-electron chi connectivity index (χ0n) is 13.4. The Hall–Kier alpha value is -0.810. The number of hydrogen-bond donors (Lipinski definition) is 1. The molecule has 20 heavy (non-hydrogen) atoms. The molecule has 1 atom stereocenters. The predicted molar refractivity (Wildman–Crippen MR) is 89.4 cm³/mol. The van der Waals surface area contributed by atoms with Crippen molar-refractivity contribution in [1.82, 2.24) is 15.3 Å². The van der Waals surface area contributed by atoms with Crippen molar-refractivity contribution < 1.29 is 0 Å². The summed E-state index contributed by atoms with van der Waals surface area (Å²) >= 11 is 1.89. The molecule has 0 saturated heterocycles. The normalized spacial score (nSPS) is 12.7. The number of anilines is 1. The molecule has 114 valence electrons. The maximum absolute atomic E-state index is 4.52. The van der Waals surface area contributed by atoms with Crippen LogP contribution in [-0.4, -0.2) is 41.6 Å². The molecule has 0 amide bonds. The van der Waals surface area contributed by atoms with Crippen LogP contribution in [0.2, 0.25) is 0 Å². The molecule has 0 saturated carbocycles. The molecule has 1 heterocycles. The third-order valence-electron chi connectivity index (χ3n) is 3.31. The maximum Gasteiger partial charge on any atom is 0.147 e. The Labute approximate surface area is 127 Å². The lowest BCUT2D eigenvalue weighted by Gasteiger charge is -2.25. The van der Waals surface area contributed by atoms with E-state index >= 15 is 0 Å². The standard InChI is InChI=1S/C15H28N4S/c1-12(2)8-16-9-14-10-18-15(11-17-14)19(4)13(3)6-7-20-5/h10-13,16H,6-9H2,1-5H3. The van der Waals surface area contributed by atoms with Gasteiger partial charge in [-0.25, -0.2) is 4.98 Å². The van der Waals surface area contributed by atoms with E-state index in [1.165, 1.54) is 5.75 Å². The van der Waals surface area contributed by atoms with E-state index in [1.54, 1.807) is 0 Å². The van der Waals surface area contributed by atoms with Crippen LogP contribution in [0.4, 0.5) is 5.82 Å². The highest BCUT2D eigenvalue weighted by atomic mass is 32.2. The SMILES string of the molecule is CSCCC(C)N(C)c1cnc(CNCC(C)C)cn1. The van der Waals surface area contributed by atoms with Crippen LogP contribution in [0.25, 0.3) is 0 Å². The average molecular weight is 296 g/mol. The Balaban J connectivity index is 2.48. The summed E-state index contributed by atoms with van der Waals surface area (Å²) in [7, 11) is 2.09. The van der Waals surface area contributed by atoms with Crippen LogP contribution in [0.15, 0.2) is 12.4 Å². The summed E-state index contributed by atoms with van der Waals surface area (Å²) in [4.78, 5) is 11.2. The second-order valence-corrected chi connectivity index (χ2v) is 6.62. The van der Waals surface area contributed by atoms with Gasteiger partial charge < -0.3 is 10.2 Å². The summed E-state index contributed by atoms with van der Waals surface area (Å²) in [5.41, 5.74) is 1.000. The highest BCUT2D eigenvalue weighted by Crippen LogP contribution is 2.14. The lowest BCUT2D eigenvalue weighted by molar-refractivity contribution is 0.547. The van der Waals surface area contributed by atoms with Gasteiger partial charge >= 0.3 is 0 Å². The molecule has 0 aliphatic heterocycles. The van der Waals surface area contributed by atoms with Gasteiger partial charge in [0.1, 0.15) is 5.82 Å². The van der Waals surface area contributed by atoms with Gasteiger partial charge in [0.25, 0.3) is 0 Å². The van der Waals surface area contributed by atoms with Crippen molar-refractivity contribution in [2.75, 3.05) is 30.5 Å².